The highest BCUT2D eigenvalue weighted by molar-refractivity contribution is 5.76. The Bertz CT molecular complexity index is 687. The molecule has 4 fully saturated rings. The Kier molecular flexibility index (Phi) is 4.48. The fraction of sp³-hybridized carbons (Fsp3) is 0.789. The lowest BCUT2D eigenvalue weighted by molar-refractivity contribution is -0.557. The summed E-state index contributed by atoms with van der Waals surface area (Å²) in [6.07, 6.45) is 2.04. The summed E-state index contributed by atoms with van der Waals surface area (Å²) in [5.41, 5.74) is 0.00112. The van der Waals surface area contributed by atoms with E-state index < -0.39 is 36.0 Å². The number of carboxylic acid groups (broad SMARTS) is 1. The van der Waals surface area contributed by atoms with Gasteiger partial charge in [-0.05, 0) is 45.4 Å². The first kappa shape index (κ1) is 18.7. The molecule has 4 aliphatic heterocycles. The summed E-state index contributed by atoms with van der Waals surface area (Å²) in [4.78, 5) is 34.3. The van der Waals surface area contributed by atoms with Gasteiger partial charge in [-0.15, -0.1) is 0 Å². The molecule has 0 aromatic rings. The lowest BCUT2D eigenvalue weighted by Crippen LogP contribution is -2.66. The van der Waals surface area contributed by atoms with Crippen molar-refractivity contribution >= 4 is 11.9 Å². The van der Waals surface area contributed by atoms with Crippen LogP contribution in [0.5, 0.6) is 0 Å². The minimum atomic E-state index is -1.30. The third kappa shape index (κ3) is 2.94. The molecule has 5 rings (SSSR count). The minimum absolute atomic E-state index is 0.0657. The zero-order valence-electron chi connectivity index (χ0n) is 15.8. The van der Waals surface area contributed by atoms with E-state index >= 15 is 0 Å². The number of fused-ring (bicyclic) bond motifs is 2. The molecule has 27 heavy (non-hydrogen) atoms. The van der Waals surface area contributed by atoms with Gasteiger partial charge in [-0.3, -0.25) is 4.79 Å². The van der Waals surface area contributed by atoms with Gasteiger partial charge in [-0.1, -0.05) is 6.92 Å². The molecule has 2 bridgehead atoms. The van der Waals surface area contributed by atoms with Crippen LogP contribution in [0.15, 0.2) is 11.5 Å². The van der Waals surface area contributed by atoms with E-state index in [4.69, 9.17) is 24.0 Å². The maximum absolute atomic E-state index is 12.0. The van der Waals surface area contributed by atoms with Crippen LogP contribution in [0.25, 0.3) is 0 Å². The summed E-state index contributed by atoms with van der Waals surface area (Å²) in [6.45, 7) is 5.88. The largest absolute Gasteiger partial charge is 0.550 e. The van der Waals surface area contributed by atoms with Crippen molar-refractivity contribution in [2.24, 2.45) is 17.8 Å². The molecule has 1 spiro atoms. The maximum Gasteiger partial charge on any atom is 0.313 e. The molecule has 0 radical (unpaired) electrons. The average Bonchev–Trinajstić information content (AvgIpc) is 2.84. The van der Waals surface area contributed by atoms with Crippen molar-refractivity contribution in [3.8, 4) is 0 Å². The Labute approximate surface area is 157 Å². The Morgan fingerprint density at radius 3 is 2.74 bits per heavy atom. The number of hydrogen-bond acceptors (Lipinski definition) is 8. The second-order valence-corrected chi connectivity index (χ2v) is 8.29. The van der Waals surface area contributed by atoms with Crippen LogP contribution in [0.2, 0.25) is 0 Å². The Morgan fingerprint density at radius 2 is 2.00 bits per heavy atom. The smallest absolute Gasteiger partial charge is 0.313 e. The Hall–Kier alpha value is -1.64. The van der Waals surface area contributed by atoms with E-state index in [1.54, 1.807) is 0 Å². The highest BCUT2D eigenvalue weighted by Crippen LogP contribution is 2.60. The van der Waals surface area contributed by atoms with Crippen molar-refractivity contribution in [1.29, 1.82) is 0 Å². The quantitative estimate of drug-likeness (QED) is 0.534. The highest BCUT2D eigenvalue weighted by Gasteiger charge is 2.68. The van der Waals surface area contributed by atoms with Crippen LogP contribution in [0.4, 0.5) is 0 Å². The van der Waals surface area contributed by atoms with E-state index in [9.17, 15) is 14.7 Å². The second kappa shape index (κ2) is 6.46. The molecular formula is C19H25O8-. The summed E-state index contributed by atoms with van der Waals surface area (Å²) in [7, 11) is 0. The molecule has 1 saturated carbocycles. The van der Waals surface area contributed by atoms with Gasteiger partial charge in [0.05, 0.1) is 6.42 Å². The zero-order valence-corrected chi connectivity index (χ0v) is 15.8. The third-order valence-corrected chi connectivity index (χ3v) is 6.52. The zero-order chi connectivity index (χ0) is 19.4. The minimum Gasteiger partial charge on any atom is -0.550 e. The predicted octanol–water partition coefficient (Wildman–Crippen LogP) is 1.54. The first-order chi connectivity index (χ1) is 12.7. The van der Waals surface area contributed by atoms with Crippen LogP contribution in [-0.2, 0) is 33.6 Å². The van der Waals surface area contributed by atoms with Crippen LogP contribution in [0, 0.1) is 17.8 Å². The number of ether oxygens (including phenoxy) is 3. The van der Waals surface area contributed by atoms with Crippen molar-refractivity contribution < 1.29 is 38.7 Å². The van der Waals surface area contributed by atoms with Crippen LogP contribution >= 0.6 is 0 Å². The average molecular weight is 381 g/mol. The van der Waals surface area contributed by atoms with Gasteiger partial charge < -0.3 is 24.1 Å². The van der Waals surface area contributed by atoms with Gasteiger partial charge in [0, 0.05) is 29.8 Å². The number of rotatable bonds is 4. The van der Waals surface area contributed by atoms with E-state index in [1.165, 1.54) is 0 Å². The number of esters is 1. The van der Waals surface area contributed by atoms with Gasteiger partial charge in [0.1, 0.15) is 0 Å². The molecule has 6 atom stereocenters. The van der Waals surface area contributed by atoms with Crippen LogP contribution in [-0.4, -0.2) is 29.6 Å². The molecule has 3 saturated heterocycles. The molecule has 8 heteroatoms. The SMILES string of the molecule is CC1=C(OC(=O)CCC(=O)[O-])O[C@@H]2O[C@]3(C)CCC4[C@H](C)CC[C@@H]1[C@]42OO3. The molecule has 4 heterocycles. The van der Waals surface area contributed by atoms with Crippen LogP contribution in [0.3, 0.4) is 0 Å². The molecule has 8 nitrogen and oxygen atoms in total. The molecule has 5 aliphatic rings. The topological polar surface area (TPSA) is 103 Å². The molecule has 0 aromatic heterocycles. The normalized spacial score (nSPS) is 42.8. The van der Waals surface area contributed by atoms with Gasteiger partial charge in [0.2, 0.25) is 12.1 Å². The van der Waals surface area contributed by atoms with Gasteiger partial charge >= 0.3 is 5.97 Å². The fourth-order valence-corrected chi connectivity index (χ4v) is 5.05. The number of carboxylic acids is 1. The second-order valence-electron chi connectivity index (χ2n) is 8.29. The monoisotopic (exact) mass is 381 g/mol. The van der Waals surface area contributed by atoms with E-state index in [0.29, 0.717) is 12.3 Å². The molecule has 1 aliphatic carbocycles. The van der Waals surface area contributed by atoms with Crippen molar-refractivity contribution in [3.63, 3.8) is 0 Å². The third-order valence-electron chi connectivity index (χ3n) is 6.52. The van der Waals surface area contributed by atoms with Crippen molar-refractivity contribution in [1.82, 2.24) is 0 Å². The number of hydrogen-bond donors (Lipinski definition) is 0. The van der Waals surface area contributed by atoms with E-state index in [1.807, 2.05) is 13.8 Å². The van der Waals surface area contributed by atoms with Gasteiger partial charge in [0.15, 0.2) is 5.60 Å². The van der Waals surface area contributed by atoms with Gasteiger partial charge in [-0.25, -0.2) is 9.78 Å². The highest BCUT2D eigenvalue weighted by atomic mass is 17.3. The van der Waals surface area contributed by atoms with Crippen molar-refractivity contribution in [3.05, 3.63) is 11.5 Å². The van der Waals surface area contributed by atoms with Gasteiger partial charge in [-0.2, -0.15) is 0 Å². The van der Waals surface area contributed by atoms with Crippen LogP contribution in [0.1, 0.15) is 59.3 Å². The maximum atomic E-state index is 12.0. The van der Waals surface area contributed by atoms with Crippen molar-refractivity contribution in [2.45, 2.75) is 77.0 Å². The first-order valence-electron chi connectivity index (χ1n) is 9.58. The number of aliphatic carboxylic acids is 1. The molecular weight excluding hydrogens is 356 g/mol. The fourth-order valence-electron chi connectivity index (χ4n) is 5.05. The lowest BCUT2D eigenvalue weighted by Gasteiger charge is -2.56. The lowest BCUT2D eigenvalue weighted by atomic mass is 9.60. The Balaban J connectivity index is 1.65. The number of carbonyl (C=O) groups is 2. The van der Waals surface area contributed by atoms with Crippen LogP contribution < -0.4 is 5.11 Å². The van der Waals surface area contributed by atoms with E-state index in [2.05, 4.69) is 6.92 Å². The summed E-state index contributed by atoms with van der Waals surface area (Å²) >= 11 is 0. The molecule has 150 valence electrons. The predicted molar refractivity (Wildman–Crippen MR) is 86.9 cm³/mol. The summed E-state index contributed by atoms with van der Waals surface area (Å²) in [5, 5.41) is 10.6. The first-order valence-corrected chi connectivity index (χ1v) is 9.58. The summed E-state index contributed by atoms with van der Waals surface area (Å²) < 4.78 is 17.5. The summed E-state index contributed by atoms with van der Waals surface area (Å²) in [6, 6.07) is 0. The van der Waals surface area contributed by atoms with Crippen molar-refractivity contribution in [2.75, 3.05) is 0 Å². The molecule has 0 N–H and O–H groups in total. The van der Waals surface area contributed by atoms with E-state index in [-0.39, 0.29) is 24.2 Å². The molecule has 0 aromatic carbocycles. The summed E-state index contributed by atoms with van der Waals surface area (Å²) in [5.74, 6) is -2.22. The molecule has 0 amide bonds. The molecule has 1 unspecified atom stereocenters. The van der Waals surface area contributed by atoms with E-state index in [0.717, 1.165) is 24.8 Å². The standard InChI is InChI=1S/C19H26O8/c1-10-4-5-13-11(2)16(23-15(22)7-6-14(20)21)24-17-19(13)12(10)8-9-18(3,25-17)26-27-19/h10,12-13,17H,4-9H2,1-3H3,(H,20,21)/p-1/t10-,12?,13+,17-,18+,19-/m1/s1. The Morgan fingerprint density at radius 1 is 1.22 bits per heavy atom. The number of carbonyl (C=O) groups excluding carboxylic acids is 2. The van der Waals surface area contributed by atoms with Gasteiger partial charge in [0.25, 0.3) is 5.95 Å².